The third-order valence-corrected chi connectivity index (χ3v) is 4.93. The van der Waals surface area contributed by atoms with Crippen LogP contribution in [-0.2, 0) is 5.41 Å². The largest absolute Gasteiger partial charge is 0.753 e. The van der Waals surface area contributed by atoms with Crippen molar-refractivity contribution in [3.8, 4) is 0 Å². The second-order valence-corrected chi connectivity index (χ2v) is 6.31. The van der Waals surface area contributed by atoms with Gasteiger partial charge in [-0.25, -0.2) is 0 Å². The molecule has 0 saturated carbocycles. The number of thiocarbonyl (C=S) groups is 1. The van der Waals surface area contributed by atoms with Crippen LogP contribution in [0.4, 0.5) is 5.69 Å². The number of quaternary nitrogens is 1. The Bertz CT molecular complexity index is 685. The van der Waals surface area contributed by atoms with E-state index < -0.39 is 0 Å². The number of likely N-dealkylation sites (N-methyl/N-ethyl adjacent to an activating group) is 1. The minimum Gasteiger partial charge on any atom is -0.753 e. The number of hydrogen-bond acceptors (Lipinski definition) is 1. The van der Waals surface area contributed by atoms with Crippen LogP contribution in [0, 0.1) is 0 Å². The molecule has 0 amide bonds. The Morgan fingerprint density at radius 3 is 2.48 bits per heavy atom. The number of hydrogen-bond donors (Lipinski definition) is 1. The lowest BCUT2D eigenvalue weighted by Crippen LogP contribution is -3.10. The van der Waals surface area contributed by atoms with E-state index in [1.54, 1.807) is 4.90 Å². The van der Waals surface area contributed by atoms with Gasteiger partial charge in [-0.1, -0.05) is 42.5 Å². The second kappa shape index (κ2) is 6.07. The summed E-state index contributed by atoms with van der Waals surface area (Å²) in [5, 5.41) is 11.3. The van der Waals surface area contributed by atoms with Crippen molar-refractivity contribution in [2.24, 2.45) is 0 Å². The summed E-state index contributed by atoms with van der Waals surface area (Å²) in [6, 6.07) is 14.0. The average Bonchev–Trinajstić information content (AvgIpc) is 2.67. The summed E-state index contributed by atoms with van der Waals surface area (Å²) in [5.74, 6) is 0. The predicted octanol–water partition coefficient (Wildman–Crippen LogP) is 3.71. The maximum absolute atomic E-state index is 7.13. The molecule has 0 spiro atoms. The van der Waals surface area contributed by atoms with E-state index >= 15 is 0 Å². The fourth-order valence-electron chi connectivity index (χ4n) is 3.52. The third kappa shape index (κ3) is 2.53. The Kier molecular flexibility index (Phi) is 4.58. The van der Waals surface area contributed by atoms with Crippen molar-refractivity contribution in [3.63, 3.8) is 0 Å². The molecule has 2 unspecified atom stereocenters. The highest BCUT2D eigenvalue weighted by Gasteiger charge is 2.46. The van der Waals surface area contributed by atoms with Crippen LogP contribution in [0.15, 0.2) is 36.4 Å². The Labute approximate surface area is 132 Å². The van der Waals surface area contributed by atoms with Crippen LogP contribution >= 0.6 is 12.2 Å². The number of benzene rings is 2. The van der Waals surface area contributed by atoms with Gasteiger partial charge in [0.05, 0.1) is 12.6 Å². The van der Waals surface area contributed by atoms with Crippen molar-refractivity contribution in [1.29, 1.82) is 0 Å². The summed E-state index contributed by atoms with van der Waals surface area (Å²) in [4.78, 5) is 1.63. The maximum atomic E-state index is 7.13. The normalized spacial score (nSPS) is 22.1. The molecule has 1 aliphatic heterocycles. The maximum Gasteiger partial charge on any atom is 0.143 e. The molecule has 0 radical (unpaired) electrons. The van der Waals surface area contributed by atoms with Crippen LogP contribution in [0.5, 0.6) is 0 Å². The highest BCUT2D eigenvalue weighted by Crippen LogP contribution is 2.39. The van der Waals surface area contributed by atoms with Crippen LogP contribution < -0.4 is 4.90 Å². The molecule has 0 aromatic heterocycles. The minimum atomic E-state index is 0.269. The van der Waals surface area contributed by atoms with E-state index in [1.165, 1.54) is 27.2 Å². The van der Waals surface area contributed by atoms with Crippen LogP contribution in [0.1, 0.15) is 33.3 Å². The van der Waals surface area contributed by atoms with Crippen molar-refractivity contribution in [1.82, 2.24) is 0 Å². The molecular weight excluding hydrogens is 276 g/mol. The fraction of sp³-hybridized carbons (Fsp3) is 0.389. The predicted molar refractivity (Wildman–Crippen MR) is 93.6 cm³/mol. The lowest BCUT2D eigenvalue weighted by Gasteiger charge is -2.25. The Hall–Kier alpha value is -1.54. The zero-order chi connectivity index (χ0) is 15.6. The SMILES string of the molecule is CC[NH+]1c2c(ccc3ccccc23)C(C)(C)C1C.[N-]=C=S. The van der Waals surface area contributed by atoms with E-state index in [-0.39, 0.29) is 5.41 Å². The number of isothiocyanates is 1. The zero-order valence-corrected chi connectivity index (χ0v) is 13.9. The highest BCUT2D eigenvalue weighted by molar-refractivity contribution is 7.78. The molecule has 21 heavy (non-hydrogen) atoms. The third-order valence-electron chi connectivity index (χ3n) is 4.93. The van der Waals surface area contributed by atoms with Gasteiger partial charge in [0.15, 0.2) is 0 Å². The van der Waals surface area contributed by atoms with Gasteiger partial charge in [0.25, 0.3) is 0 Å². The molecule has 110 valence electrons. The van der Waals surface area contributed by atoms with Crippen LogP contribution in [0.3, 0.4) is 0 Å². The minimum absolute atomic E-state index is 0.269. The molecule has 2 nitrogen and oxygen atoms in total. The molecule has 3 rings (SSSR count). The summed E-state index contributed by atoms with van der Waals surface area (Å²) >= 11 is 3.70. The quantitative estimate of drug-likeness (QED) is 0.630. The summed E-state index contributed by atoms with van der Waals surface area (Å²) in [6.45, 7) is 10.6. The molecule has 1 aliphatic rings. The van der Waals surface area contributed by atoms with Crippen molar-refractivity contribution >= 4 is 33.8 Å². The monoisotopic (exact) mass is 298 g/mol. The van der Waals surface area contributed by atoms with E-state index in [0.717, 1.165) is 6.54 Å². The molecule has 0 bridgehead atoms. The first-order chi connectivity index (χ1) is 9.98. The average molecular weight is 298 g/mol. The first-order valence-corrected chi connectivity index (χ1v) is 7.79. The number of rotatable bonds is 1. The van der Waals surface area contributed by atoms with Crippen LogP contribution in [0.25, 0.3) is 16.2 Å². The summed E-state index contributed by atoms with van der Waals surface area (Å²) in [5.41, 5.74) is 3.34. The molecule has 0 saturated heterocycles. The molecule has 1 heterocycles. The van der Waals surface area contributed by atoms with E-state index in [9.17, 15) is 0 Å². The summed E-state index contributed by atoms with van der Waals surface area (Å²) in [6.07, 6.45) is 0. The van der Waals surface area contributed by atoms with Gasteiger partial charge in [-0.2, -0.15) is 5.16 Å². The van der Waals surface area contributed by atoms with Crippen LogP contribution in [0.2, 0.25) is 0 Å². The lowest BCUT2D eigenvalue weighted by atomic mass is 9.81. The Morgan fingerprint density at radius 1 is 1.24 bits per heavy atom. The van der Waals surface area contributed by atoms with Crippen molar-refractivity contribution < 1.29 is 4.90 Å². The smallest absolute Gasteiger partial charge is 0.143 e. The number of nitrogens with zero attached hydrogens (tertiary/aromatic N) is 1. The zero-order valence-electron chi connectivity index (χ0n) is 13.1. The van der Waals surface area contributed by atoms with Gasteiger partial charge in [-0.15, -0.1) is 0 Å². The van der Waals surface area contributed by atoms with Gasteiger partial charge in [-0.3, -0.25) is 4.90 Å². The molecule has 2 aromatic carbocycles. The standard InChI is InChI=1S/C17H21N.CNS/c1-5-18-12(2)17(3,4)15-11-10-13-8-6-7-9-14(13)16(15)18;2-1-3/h6-12H,5H2,1-4H3;/q;-1/p+1. The molecule has 0 aliphatic carbocycles. The highest BCUT2D eigenvalue weighted by atomic mass is 32.1. The molecule has 2 aromatic rings. The topological polar surface area (TPSA) is 26.7 Å². The molecular formula is C18H22N2S. The van der Waals surface area contributed by atoms with Gasteiger partial charge in [0.1, 0.15) is 5.69 Å². The fourth-order valence-corrected chi connectivity index (χ4v) is 3.52. The van der Waals surface area contributed by atoms with Crippen molar-refractivity contribution in [3.05, 3.63) is 47.4 Å². The molecule has 0 fully saturated rings. The van der Waals surface area contributed by atoms with E-state index in [0.29, 0.717) is 6.04 Å². The van der Waals surface area contributed by atoms with Crippen molar-refractivity contribution in [2.45, 2.75) is 39.2 Å². The van der Waals surface area contributed by atoms with Crippen molar-refractivity contribution in [2.75, 3.05) is 6.54 Å². The number of nitrogens with one attached hydrogen (secondary N) is 1. The van der Waals surface area contributed by atoms with Gasteiger partial charge >= 0.3 is 0 Å². The first kappa shape index (κ1) is 15.8. The van der Waals surface area contributed by atoms with Gasteiger partial charge in [0.2, 0.25) is 0 Å². The van der Waals surface area contributed by atoms with Gasteiger partial charge in [-0.05, 0) is 39.1 Å². The lowest BCUT2D eigenvalue weighted by molar-refractivity contribution is -0.852. The molecule has 2 atom stereocenters. The van der Waals surface area contributed by atoms with E-state index in [1.807, 2.05) is 0 Å². The van der Waals surface area contributed by atoms with Crippen LogP contribution in [-0.4, -0.2) is 17.7 Å². The summed E-state index contributed by atoms with van der Waals surface area (Å²) < 4.78 is 0. The molecule has 1 N–H and O–H groups in total. The first-order valence-electron chi connectivity index (χ1n) is 7.38. The van der Waals surface area contributed by atoms with Gasteiger partial charge < -0.3 is 5.41 Å². The van der Waals surface area contributed by atoms with E-state index in [2.05, 4.69) is 76.3 Å². The van der Waals surface area contributed by atoms with Gasteiger partial charge in [0, 0.05) is 16.4 Å². The Balaban J connectivity index is 0.000000497. The number of fused-ring (bicyclic) bond motifs is 3. The van der Waals surface area contributed by atoms with E-state index in [4.69, 9.17) is 5.41 Å². The Morgan fingerprint density at radius 2 is 1.86 bits per heavy atom. The molecule has 3 heteroatoms. The summed E-state index contributed by atoms with van der Waals surface area (Å²) in [7, 11) is 0. The second-order valence-electron chi connectivity index (χ2n) is 6.12.